The Labute approximate surface area is 129 Å². The Hall–Kier alpha value is -1.10. The first-order chi connectivity index (χ1) is 9.54. The first-order valence-electron chi connectivity index (χ1n) is 7.80. The van der Waals surface area contributed by atoms with Crippen molar-refractivity contribution in [2.45, 2.75) is 53.1 Å². The van der Waals surface area contributed by atoms with Gasteiger partial charge in [0, 0.05) is 25.0 Å². The van der Waals surface area contributed by atoms with Crippen LogP contribution >= 0.6 is 0 Å². The Morgan fingerprint density at radius 2 is 1.90 bits per heavy atom. The van der Waals surface area contributed by atoms with Crippen LogP contribution in [0.5, 0.6) is 0 Å². The maximum absolute atomic E-state index is 12.5. The fourth-order valence-corrected chi connectivity index (χ4v) is 2.86. The van der Waals surface area contributed by atoms with Crippen LogP contribution in [0.1, 0.15) is 41.0 Å². The third-order valence-electron chi connectivity index (χ3n) is 4.31. The van der Waals surface area contributed by atoms with Gasteiger partial charge in [-0.3, -0.25) is 9.59 Å². The SMILES string of the molecule is C[C@H](NC(=O)C(C)(C)C)C(=O)N(C)[C@H]1CCN(C)C[C@H]1C. The highest BCUT2D eigenvalue weighted by atomic mass is 16.2. The van der Waals surface area contributed by atoms with Gasteiger partial charge in [-0.15, -0.1) is 0 Å². The first kappa shape index (κ1) is 18.0. The van der Waals surface area contributed by atoms with Crippen molar-refractivity contribution < 1.29 is 9.59 Å². The minimum absolute atomic E-state index is 0.00555. The molecular weight excluding hydrogens is 266 g/mol. The van der Waals surface area contributed by atoms with Crippen LogP contribution in [0.15, 0.2) is 0 Å². The molecule has 1 rings (SSSR count). The molecule has 1 heterocycles. The van der Waals surface area contributed by atoms with Crippen molar-refractivity contribution in [1.29, 1.82) is 0 Å². The average Bonchev–Trinajstić information content (AvgIpc) is 2.35. The number of hydrogen-bond acceptors (Lipinski definition) is 3. The summed E-state index contributed by atoms with van der Waals surface area (Å²) in [6.45, 7) is 11.5. The van der Waals surface area contributed by atoms with E-state index in [9.17, 15) is 9.59 Å². The van der Waals surface area contributed by atoms with Gasteiger partial charge in [0.2, 0.25) is 11.8 Å². The van der Waals surface area contributed by atoms with Gasteiger partial charge < -0.3 is 15.1 Å². The number of nitrogens with one attached hydrogen (secondary N) is 1. The summed E-state index contributed by atoms with van der Waals surface area (Å²) in [6.07, 6.45) is 0.986. The maximum Gasteiger partial charge on any atom is 0.244 e. The molecule has 0 saturated carbocycles. The molecule has 3 atom stereocenters. The lowest BCUT2D eigenvalue weighted by molar-refractivity contribution is -0.140. The van der Waals surface area contributed by atoms with Gasteiger partial charge in [-0.05, 0) is 32.9 Å². The second-order valence-electron chi connectivity index (χ2n) is 7.49. The number of carbonyl (C=O) groups excluding carboxylic acids is 2. The molecule has 2 amide bonds. The summed E-state index contributed by atoms with van der Waals surface area (Å²) in [6, 6.07) is -0.226. The Kier molecular flexibility index (Phi) is 5.79. The normalized spacial score (nSPS) is 25.3. The standard InChI is InChI=1S/C16H31N3O2/c1-11-10-18(6)9-8-13(11)19(7)14(20)12(2)17-15(21)16(3,4)5/h11-13H,8-10H2,1-7H3,(H,17,21)/t11-,12+,13+/m1/s1. The summed E-state index contributed by atoms with van der Waals surface area (Å²) in [5, 5.41) is 2.82. The lowest BCUT2D eigenvalue weighted by atomic mass is 9.92. The van der Waals surface area contributed by atoms with E-state index in [1.807, 2.05) is 32.7 Å². The predicted octanol–water partition coefficient (Wildman–Crippen LogP) is 1.34. The molecule has 21 heavy (non-hydrogen) atoms. The van der Waals surface area contributed by atoms with E-state index in [4.69, 9.17) is 0 Å². The molecule has 1 N–H and O–H groups in total. The fourth-order valence-electron chi connectivity index (χ4n) is 2.86. The van der Waals surface area contributed by atoms with E-state index in [0.717, 1.165) is 19.5 Å². The number of likely N-dealkylation sites (N-methyl/N-ethyl adjacent to an activating group) is 1. The topological polar surface area (TPSA) is 52.7 Å². The fraction of sp³-hybridized carbons (Fsp3) is 0.875. The van der Waals surface area contributed by atoms with Crippen LogP contribution in [0.3, 0.4) is 0 Å². The molecular formula is C16H31N3O2. The van der Waals surface area contributed by atoms with Gasteiger partial charge >= 0.3 is 0 Å². The molecule has 1 fully saturated rings. The highest BCUT2D eigenvalue weighted by molar-refractivity contribution is 5.89. The highest BCUT2D eigenvalue weighted by Crippen LogP contribution is 2.21. The number of rotatable bonds is 3. The van der Waals surface area contributed by atoms with Crippen molar-refractivity contribution in [2.24, 2.45) is 11.3 Å². The van der Waals surface area contributed by atoms with Crippen molar-refractivity contribution in [3.63, 3.8) is 0 Å². The van der Waals surface area contributed by atoms with Crippen LogP contribution in [0.25, 0.3) is 0 Å². The van der Waals surface area contributed by atoms with E-state index in [-0.39, 0.29) is 17.9 Å². The van der Waals surface area contributed by atoms with Gasteiger partial charge in [-0.2, -0.15) is 0 Å². The van der Waals surface area contributed by atoms with E-state index in [1.165, 1.54) is 0 Å². The summed E-state index contributed by atoms with van der Waals surface area (Å²) in [5.74, 6) is 0.352. The highest BCUT2D eigenvalue weighted by Gasteiger charge is 2.33. The molecule has 0 radical (unpaired) electrons. The maximum atomic E-state index is 12.5. The smallest absolute Gasteiger partial charge is 0.244 e. The van der Waals surface area contributed by atoms with Crippen LogP contribution in [0.4, 0.5) is 0 Å². The molecule has 5 nitrogen and oxygen atoms in total. The van der Waals surface area contributed by atoms with Crippen LogP contribution < -0.4 is 5.32 Å². The minimum atomic E-state index is -0.478. The molecule has 0 unspecified atom stereocenters. The van der Waals surface area contributed by atoms with Crippen LogP contribution in [0, 0.1) is 11.3 Å². The van der Waals surface area contributed by atoms with E-state index in [2.05, 4.69) is 24.2 Å². The number of carbonyl (C=O) groups is 2. The first-order valence-corrected chi connectivity index (χ1v) is 7.80. The van der Waals surface area contributed by atoms with Gasteiger partial charge in [0.1, 0.15) is 6.04 Å². The molecule has 1 aliphatic rings. The van der Waals surface area contributed by atoms with Crippen molar-refractivity contribution in [2.75, 3.05) is 27.2 Å². The Morgan fingerprint density at radius 1 is 1.33 bits per heavy atom. The van der Waals surface area contributed by atoms with Gasteiger partial charge in [0.25, 0.3) is 0 Å². The molecule has 1 saturated heterocycles. The molecule has 0 aromatic carbocycles. The third kappa shape index (κ3) is 4.70. The largest absolute Gasteiger partial charge is 0.344 e. The Morgan fingerprint density at radius 3 is 2.38 bits per heavy atom. The molecule has 122 valence electrons. The summed E-state index contributed by atoms with van der Waals surface area (Å²) < 4.78 is 0. The van der Waals surface area contributed by atoms with E-state index < -0.39 is 11.5 Å². The number of hydrogen-bond donors (Lipinski definition) is 1. The van der Waals surface area contributed by atoms with Crippen molar-refractivity contribution in [3.8, 4) is 0 Å². The second-order valence-corrected chi connectivity index (χ2v) is 7.49. The quantitative estimate of drug-likeness (QED) is 0.855. The van der Waals surface area contributed by atoms with Crippen LogP contribution in [-0.2, 0) is 9.59 Å². The summed E-state index contributed by atoms with van der Waals surface area (Å²) in [5.41, 5.74) is -0.478. The van der Waals surface area contributed by atoms with Crippen molar-refractivity contribution >= 4 is 11.8 Å². The lowest BCUT2D eigenvalue weighted by Crippen LogP contribution is -2.55. The van der Waals surface area contributed by atoms with E-state index in [0.29, 0.717) is 5.92 Å². The van der Waals surface area contributed by atoms with Gasteiger partial charge in [0.05, 0.1) is 0 Å². The predicted molar refractivity (Wildman–Crippen MR) is 84.9 cm³/mol. The lowest BCUT2D eigenvalue weighted by Gasteiger charge is -2.40. The van der Waals surface area contributed by atoms with Crippen molar-refractivity contribution in [3.05, 3.63) is 0 Å². The average molecular weight is 297 g/mol. The molecule has 0 aromatic heterocycles. The zero-order valence-electron chi connectivity index (χ0n) is 14.6. The number of piperidine rings is 1. The zero-order chi connectivity index (χ0) is 16.4. The monoisotopic (exact) mass is 297 g/mol. The molecule has 0 aliphatic carbocycles. The second kappa shape index (κ2) is 6.77. The van der Waals surface area contributed by atoms with E-state index >= 15 is 0 Å². The number of amides is 2. The van der Waals surface area contributed by atoms with Crippen molar-refractivity contribution in [1.82, 2.24) is 15.1 Å². The minimum Gasteiger partial charge on any atom is -0.344 e. The molecule has 0 aromatic rings. The zero-order valence-corrected chi connectivity index (χ0v) is 14.6. The summed E-state index contributed by atoms with van der Waals surface area (Å²) >= 11 is 0. The third-order valence-corrected chi connectivity index (χ3v) is 4.31. The molecule has 5 heteroatoms. The summed E-state index contributed by atoms with van der Waals surface area (Å²) in [4.78, 5) is 28.6. The Bertz CT molecular complexity index is 389. The molecule has 1 aliphatic heterocycles. The number of nitrogens with zero attached hydrogens (tertiary/aromatic N) is 2. The van der Waals surface area contributed by atoms with Gasteiger partial charge in [-0.25, -0.2) is 0 Å². The Balaban J connectivity index is 2.63. The number of likely N-dealkylation sites (tertiary alicyclic amines) is 1. The van der Waals surface area contributed by atoms with Crippen LogP contribution in [-0.4, -0.2) is 60.9 Å². The van der Waals surface area contributed by atoms with Gasteiger partial charge in [0.15, 0.2) is 0 Å². The van der Waals surface area contributed by atoms with Gasteiger partial charge in [-0.1, -0.05) is 27.7 Å². The van der Waals surface area contributed by atoms with Crippen LogP contribution in [0.2, 0.25) is 0 Å². The summed E-state index contributed by atoms with van der Waals surface area (Å²) in [7, 11) is 3.97. The molecule has 0 bridgehead atoms. The van der Waals surface area contributed by atoms with E-state index in [1.54, 1.807) is 6.92 Å². The molecule has 0 spiro atoms.